The van der Waals surface area contributed by atoms with Crippen LogP contribution < -0.4 is 4.90 Å². The Hall–Kier alpha value is -1.48. The first kappa shape index (κ1) is 11.0. The van der Waals surface area contributed by atoms with Crippen molar-refractivity contribution in [1.82, 2.24) is 4.98 Å². The molecular weight excluding hydrogens is 224 g/mol. The Kier molecular flexibility index (Phi) is 3.15. The zero-order valence-electron chi connectivity index (χ0n) is 8.80. The molecular formula is C12H13ClN2O. The van der Waals surface area contributed by atoms with Crippen LogP contribution in [0, 0.1) is 0 Å². The maximum absolute atomic E-state index is 5.36. The van der Waals surface area contributed by atoms with E-state index in [0.717, 1.165) is 36.3 Å². The van der Waals surface area contributed by atoms with E-state index < -0.39 is 0 Å². The van der Waals surface area contributed by atoms with Gasteiger partial charge in [-0.25, -0.2) is 4.98 Å². The Bertz CT molecular complexity index is 506. The molecule has 84 valence electrons. The molecule has 3 heterocycles. The molecule has 1 aliphatic rings. The minimum atomic E-state index is 0. The number of aromatic nitrogens is 1. The predicted molar refractivity (Wildman–Crippen MR) is 67.2 cm³/mol. The fourth-order valence-electron chi connectivity index (χ4n) is 1.97. The molecule has 4 heteroatoms. The molecule has 0 amide bonds. The third kappa shape index (κ3) is 1.78. The van der Waals surface area contributed by atoms with Gasteiger partial charge in [-0.3, -0.25) is 0 Å². The quantitative estimate of drug-likeness (QED) is 0.713. The van der Waals surface area contributed by atoms with Crippen molar-refractivity contribution >= 4 is 29.2 Å². The molecule has 16 heavy (non-hydrogen) atoms. The van der Waals surface area contributed by atoms with Crippen molar-refractivity contribution in [2.75, 3.05) is 18.0 Å². The first-order valence-electron chi connectivity index (χ1n) is 5.17. The summed E-state index contributed by atoms with van der Waals surface area (Å²) >= 11 is 0. The zero-order chi connectivity index (χ0) is 10.1. The number of furan rings is 1. The molecule has 0 unspecified atom stereocenters. The second-order valence-corrected chi connectivity index (χ2v) is 3.67. The minimum Gasteiger partial charge on any atom is -0.464 e. The van der Waals surface area contributed by atoms with E-state index in [1.54, 1.807) is 12.5 Å². The number of hydrogen-bond acceptors (Lipinski definition) is 3. The van der Waals surface area contributed by atoms with Crippen LogP contribution in [0.2, 0.25) is 0 Å². The minimum absolute atomic E-state index is 0. The van der Waals surface area contributed by atoms with E-state index in [1.165, 1.54) is 0 Å². The van der Waals surface area contributed by atoms with Gasteiger partial charge in [0.25, 0.3) is 0 Å². The number of anilines is 1. The zero-order valence-corrected chi connectivity index (χ0v) is 9.61. The smallest absolute Gasteiger partial charge is 0.139 e. The van der Waals surface area contributed by atoms with Gasteiger partial charge in [-0.1, -0.05) is 12.2 Å². The molecule has 0 aromatic carbocycles. The van der Waals surface area contributed by atoms with Gasteiger partial charge < -0.3 is 9.32 Å². The van der Waals surface area contributed by atoms with Crippen molar-refractivity contribution in [3.63, 3.8) is 0 Å². The summed E-state index contributed by atoms with van der Waals surface area (Å²) in [6.07, 6.45) is 9.02. The standard InChI is InChI=1S/C12H12N2O.ClH/c1-2-7-14(8-3-1)12-10-5-9-15-11(10)4-6-13-12;/h1-2,4-6,9H,3,7-8H2;1H. The number of rotatable bonds is 1. The van der Waals surface area contributed by atoms with Crippen molar-refractivity contribution in [2.24, 2.45) is 0 Å². The summed E-state index contributed by atoms with van der Waals surface area (Å²) in [4.78, 5) is 6.71. The van der Waals surface area contributed by atoms with Crippen LogP contribution in [0.25, 0.3) is 11.0 Å². The average molecular weight is 237 g/mol. The molecule has 2 aromatic rings. The monoisotopic (exact) mass is 236 g/mol. The summed E-state index contributed by atoms with van der Waals surface area (Å²) in [5.41, 5.74) is 0.912. The lowest BCUT2D eigenvalue weighted by Crippen LogP contribution is -2.27. The predicted octanol–water partition coefficient (Wildman–Crippen LogP) is 3.02. The van der Waals surface area contributed by atoms with Gasteiger partial charge in [0.1, 0.15) is 11.4 Å². The largest absolute Gasteiger partial charge is 0.464 e. The van der Waals surface area contributed by atoms with Crippen molar-refractivity contribution in [3.8, 4) is 0 Å². The summed E-state index contributed by atoms with van der Waals surface area (Å²) < 4.78 is 5.36. The van der Waals surface area contributed by atoms with Gasteiger partial charge in [0.15, 0.2) is 0 Å². The highest BCUT2D eigenvalue weighted by Gasteiger charge is 2.12. The number of halogens is 1. The summed E-state index contributed by atoms with van der Waals surface area (Å²) in [7, 11) is 0. The normalized spacial score (nSPS) is 15.1. The molecule has 2 aromatic heterocycles. The molecule has 0 N–H and O–H groups in total. The van der Waals surface area contributed by atoms with E-state index in [0.29, 0.717) is 0 Å². The summed E-state index contributed by atoms with van der Waals surface area (Å²) in [5.74, 6) is 1.03. The van der Waals surface area contributed by atoms with Crippen LogP contribution >= 0.6 is 12.4 Å². The molecule has 0 spiro atoms. The van der Waals surface area contributed by atoms with Crippen LogP contribution in [-0.2, 0) is 0 Å². The first-order valence-corrected chi connectivity index (χ1v) is 5.17. The van der Waals surface area contributed by atoms with E-state index >= 15 is 0 Å². The van der Waals surface area contributed by atoms with Crippen molar-refractivity contribution in [2.45, 2.75) is 6.42 Å². The first-order chi connectivity index (χ1) is 7.45. The molecule has 0 radical (unpaired) electrons. The maximum atomic E-state index is 5.36. The van der Waals surface area contributed by atoms with E-state index in [-0.39, 0.29) is 12.4 Å². The Morgan fingerprint density at radius 2 is 2.19 bits per heavy atom. The Labute approximate surface area is 100 Å². The van der Waals surface area contributed by atoms with E-state index in [2.05, 4.69) is 22.0 Å². The van der Waals surface area contributed by atoms with Crippen LogP contribution in [0.4, 0.5) is 5.82 Å². The second-order valence-electron chi connectivity index (χ2n) is 3.67. The Morgan fingerprint density at radius 1 is 1.25 bits per heavy atom. The van der Waals surface area contributed by atoms with Crippen molar-refractivity contribution < 1.29 is 4.42 Å². The summed E-state index contributed by atoms with van der Waals surface area (Å²) in [6.45, 7) is 1.98. The SMILES string of the molecule is C1=CCN(c2nccc3occc23)CC1.Cl. The van der Waals surface area contributed by atoms with E-state index in [1.807, 2.05) is 12.1 Å². The lowest BCUT2D eigenvalue weighted by atomic mass is 10.2. The molecule has 0 bridgehead atoms. The van der Waals surface area contributed by atoms with Crippen LogP contribution in [-0.4, -0.2) is 18.1 Å². The molecule has 1 aliphatic heterocycles. The molecule has 0 saturated carbocycles. The fourth-order valence-corrected chi connectivity index (χ4v) is 1.97. The number of hydrogen-bond donors (Lipinski definition) is 0. The highest BCUT2D eigenvalue weighted by molar-refractivity contribution is 5.88. The van der Waals surface area contributed by atoms with Crippen molar-refractivity contribution in [1.29, 1.82) is 0 Å². The van der Waals surface area contributed by atoms with Gasteiger partial charge in [-0.2, -0.15) is 0 Å². The molecule has 0 aliphatic carbocycles. The topological polar surface area (TPSA) is 29.3 Å². The van der Waals surface area contributed by atoms with Gasteiger partial charge >= 0.3 is 0 Å². The van der Waals surface area contributed by atoms with Crippen molar-refractivity contribution in [3.05, 3.63) is 36.7 Å². The van der Waals surface area contributed by atoms with Crippen LogP contribution in [0.3, 0.4) is 0 Å². The Morgan fingerprint density at radius 3 is 3.00 bits per heavy atom. The molecule has 3 rings (SSSR count). The van der Waals surface area contributed by atoms with Crippen LogP contribution in [0.5, 0.6) is 0 Å². The Balaban J connectivity index is 0.000000963. The van der Waals surface area contributed by atoms with Crippen LogP contribution in [0.15, 0.2) is 41.2 Å². The summed E-state index contributed by atoms with van der Waals surface area (Å²) in [5, 5.41) is 1.10. The number of fused-ring (bicyclic) bond motifs is 1. The highest BCUT2D eigenvalue weighted by atomic mass is 35.5. The van der Waals surface area contributed by atoms with Gasteiger partial charge in [0.2, 0.25) is 0 Å². The fraction of sp³-hybridized carbons (Fsp3) is 0.250. The van der Waals surface area contributed by atoms with Gasteiger partial charge in [0, 0.05) is 19.3 Å². The van der Waals surface area contributed by atoms with Gasteiger partial charge in [-0.05, 0) is 18.6 Å². The average Bonchev–Trinajstić information content (AvgIpc) is 2.78. The van der Waals surface area contributed by atoms with E-state index in [4.69, 9.17) is 4.42 Å². The maximum Gasteiger partial charge on any atom is 0.139 e. The molecule has 0 atom stereocenters. The number of pyridine rings is 1. The van der Waals surface area contributed by atoms with E-state index in [9.17, 15) is 0 Å². The lowest BCUT2D eigenvalue weighted by Gasteiger charge is -2.24. The molecule has 3 nitrogen and oxygen atoms in total. The third-order valence-electron chi connectivity index (χ3n) is 2.72. The van der Waals surface area contributed by atoms with Gasteiger partial charge in [0.05, 0.1) is 11.6 Å². The third-order valence-corrected chi connectivity index (χ3v) is 2.72. The van der Waals surface area contributed by atoms with Crippen LogP contribution in [0.1, 0.15) is 6.42 Å². The molecule has 0 fully saturated rings. The lowest BCUT2D eigenvalue weighted by molar-refractivity contribution is 0.615. The highest BCUT2D eigenvalue weighted by Crippen LogP contribution is 2.25. The molecule has 0 saturated heterocycles. The summed E-state index contributed by atoms with van der Waals surface area (Å²) in [6, 6.07) is 3.88. The second kappa shape index (κ2) is 4.58. The van der Waals surface area contributed by atoms with Gasteiger partial charge in [-0.15, -0.1) is 12.4 Å². The number of nitrogens with zero attached hydrogens (tertiary/aromatic N) is 2.